The van der Waals surface area contributed by atoms with Gasteiger partial charge in [0.2, 0.25) is 0 Å². The molecule has 0 unspecified atom stereocenters. The first-order valence-corrected chi connectivity index (χ1v) is 12.8. The Balaban J connectivity index is 2.10. The van der Waals surface area contributed by atoms with Gasteiger partial charge in [-0.1, -0.05) is 40.6 Å². The molecule has 0 radical (unpaired) electrons. The zero-order valence-electron chi connectivity index (χ0n) is 15.2. The molecular weight excluding hydrogens is 449 g/mol. The molecule has 2 fully saturated rings. The zero-order valence-corrected chi connectivity index (χ0v) is 18.4. The van der Waals surface area contributed by atoms with Crippen LogP contribution < -0.4 is 0 Å². The molecule has 0 bridgehead atoms. The summed E-state index contributed by atoms with van der Waals surface area (Å²) < 4.78 is 61.0. The summed E-state index contributed by atoms with van der Waals surface area (Å²) in [5, 5.41) is 3.00. The second kappa shape index (κ2) is 8.73. The molecular formula is C16H23Cl2N3O5S2. The largest absolute Gasteiger partial charge is 0.296 e. The highest BCUT2D eigenvalue weighted by Crippen LogP contribution is 2.34. The number of benzene rings is 1. The highest BCUT2D eigenvalue weighted by atomic mass is 35.5. The van der Waals surface area contributed by atoms with Gasteiger partial charge in [-0.05, 0) is 37.8 Å². The van der Waals surface area contributed by atoms with Crippen molar-refractivity contribution < 1.29 is 21.4 Å². The van der Waals surface area contributed by atoms with Crippen LogP contribution in [-0.4, -0.2) is 62.1 Å². The van der Waals surface area contributed by atoms with Gasteiger partial charge in [0.1, 0.15) is 9.79 Å². The van der Waals surface area contributed by atoms with E-state index in [2.05, 4.69) is 0 Å². The maximum Gasteiger partial charge on any atom is 0.296 e. The monoisotopic (exact) mass is 471 g/mol. The maximum atomic E-state index is 13.6. The fourth-order valence-electron chi connectivity index (χ4n) is 3.57. The van der Waals surface area contributed by atoms with Gasteiger partial charge in [-0.25, -0.2) is 18.4 Å². The van der Waals surface area contributed by atoms with Crippen molar-refractivity contribution in [2.45, 2.75) is 48.3 Å². The third kappa shape index (κ3) is 4.65. The highest BCUT2D eigenvalue weighted by molar-refractivity contribution is 7.89. The fourth-order valence-corrected chi connectivity index (χ4v) is 6.87. The Morgan fingerprint density at radius 1 is 0.750 bits per heavy atom. The molecule has 2 aliphatic rings. The first-order chi connectivity index (χ1) is 13.1. The summed E-state index contributed by atoms with van der Waals surface area (Å²) in [5.74, 6) is 0. The number of hydrogen-bond donors (Lipinski definition) is 1. The van der Waals surface area contributed by atoms with Crippen LogP contribution in [0, 0.1) is 0 Å². The van der Waals surface area contributed by atoms with Gasteiger partial charge >= 0.3 is 0 Å². The Morgan fingerprint density at radius 2 is 1.18 bits per heavy atom. The molecule has 158 valence electrons. The number of rotatable bonds is 5. The molecule has 1 aromatic carbocycles. The Kier molecular flexibility index (Phi) is 6.93. The van der Waals surface area contributed by atoms with Crippen LogP contribution in [0.4, 0.5) is 0 Å². The molecule has 3 rings (SSSR count). The molecule has 1 aromatic rings. The Bertz CT molecular complexity index is 910. The molecule has 1 N–H and O–H groups in total. The molecule has 0 saturated carbocycles. The first-order valence-electron chi connectivity index (χ1n) is 9.14. The number of sulfonamides is 1. The van der Waals surface area contributed by atoms with E-state index in [0.717, 1.165) is 50.7 Å². The number of hydrogen-bond acceptors (Lipinski definition) is 6. The number of nitrogens with zero attached hydrogens (tertiary/aromatic N) is 3. The number of hydrazine groups is 2. The second-order valence-corrected chi connectivity index (χ2v) is 10.9. The molecule has 0 aliphatic carbocycles. The molecule has 0 aromatic heterocycles. The van der Waals surface area contributed by atoms with Crippen LogP contribution in [0.2, 0.25) is 10.0 Å². The highest BCUT2D eigenvalue weighted by Gasteiger charge is 2.38. The molecule has 0 atom stereocenters. The standard InChI is InChI=1S/C16H23Cl2N3O5S2/c17-13-11-14(18)16(28(24,25)26)12-15(13)27(22,23)21(19-7-3-1-4-8-19)20-9-5-2-6-10-20/h11-12H,1-10H2,(H,24,25,26). The topological polar surface area (TPSA) is 98.2 Å². The Morgan fingerprint density at radius 3 is 1.61 bits per heavy atom. The molecule has 0 spiro atoms. The third-order valence-electron chi connectivity index (χ3n) is 4.91. The van der Waals surface area contributed by atoms with Crippen molar-refractivity contribution in [1.82, 2.24) is 14.5 Å². The summed E-state index contributed by atoms with van der Waals surface area (Å²) in [6, 6.07) is 1.86. The van der Waals surface area contributed by atoms with Gasteiger partial charge in [0, 0.05) is 26.2 Å². The molecule has 2 aliphatic heterocycles. The molecule has 0 amide bonds. The fraction of sp³-hybridized carbons (Fsp3) is 0.625. The van der Waals surface area contributed by atoms with Gasteiger partial charge in [0.15, 0.2) is 0 Å². The molecule has 12 heteroatoms. The summed E-state index contributed by atoms with van der Waals surface area (Å²) in [6.07, 6.45) is 5.52. The van der Waals surface area contributed by atoms with E-state index in [0.29, 0.717) is 26.2 Å². The second-order valence-electron chi connectivity index (χ2n) is 6.94. The van der Waals surface area contributed by atoms with Crippen LogP contribution in [0.25, 0.3) is 0 Å². The van der Waals surface area contributed by atoms with Gasteiger partial charge in [-0.2, -0.15) is 8.42 Å². The minimum Gasteiger partial charge on any atom is -0.282 e. The van der Waals surface area contributed by atoms with E-state index in [1.165, 1.54) is 4.52 Å². The average molecular weight is 472 g/mol. The van der Waals surface area contributed by atoms with Crippen LogP contribution in [0.15, 0.2) is 21.9 Å². The first kappa shape index (κ1) is 22.2. The normalized spacial score (nSPS) is 20.6. The molecule has 2 heterocycles. The van der Waals surface area contributed by atoms with Gasteiger partial charge < -0.3 is 0 Å². The predicted molar refractivity (Wildman–Crippen MR) is 106 cm³/mol. The van der Waals surface area contributed by atoms with Crippen molar-refractivity contribution in [2.24, 2.45) is 0 Å². The average Bonchev–Trinajstić information content (AvgIpc) is 2.62. The lowest BCUT2D eigenvalue weighted by Crippen LogP contribution is -2.58. The Hall–Kier alpha value is -0.460. The van der Waals surface area contributed by atoms with Crippen molar-refractivity contribution in [1.29, 1.82) is 0 Å². The van der Waals surface area contributed by atoms with Crippen LogP contribution in [0.3, 0.4) is 0 Å². The van der Waals surface area contributed by atoms with Crippen molar-refractivity contribution in [3.63, 3.8) is 0 Å². The van der Waals surface area contributed by atoms with Gasteiger partial charge in [-0.3, -0.25) is 4.55 Å². The van der Waals surface area contributed by atoms with Crippen LogP contribution in [0.1, 0.15) is 38.5 Å². The van der Waals surface area contributed by atoms with Gasteiger partial charge in [0.25, 0.3) is 20.1 Å². The summed E-state index contributed by atoms with van der Waals surface area (Å²) in [6.45, 7) is 2.30. The van der Waals surface area contributed by atoms with Crippen LogP contribution in [0.5, 0.6) is 0 Å². The van der Waals surface area contributed by atoms with Crippen molar-refractivity contribution >= 4 is 43.3 Å². The lowest BCUT2D eigenvalue weighted by atomic mass is 10.1. The van der Waals surface area contributed by atoms with Crippen molar-refractivity contribution in [3.05, 3.63) is 22.2 Å². The zero-order chi connectivity index (χ0) is 20.5. The van der Waals surface area contributed by atoms with Gasteiger partial charge in [-0.15, -0.1) is 0 Å². The van der Waals surface area contributed by atoms with Crippen molar-refractivity contribution in [2.75, 3.05) is 26.2 Å². The minimum atomic E-state index is -4.71. The van der Waals surface area contributed by atoms with Gasteiger partial charge in [0.05, 0.1) is 10.0 Å². The van der Waals surface area contributed by atoms with E-state index in [1.807, 2.05) is 0 Å². The lowest BCUT2D eigenvalue weighted by Gasteiger charge is -2.43. The lowest BCUT2D eigenvalue weighted by molar-refractivity contribution is -0.125. The van der Waals surface area contributed by atoms with E-state index in [4.69, 9.17) is 23.2 Å². The molecule has 28 heavy (non-hydrogen) atoms. The summed E-state index contributed by atoms with van der Waals surface area (Å²) in [4.78, 5) is -1.09. The summed E-state index contributed by atoms with van der Waals surface area (Å²) >= 11 is 12.0. The summed E-state index contributed by atoms with van der Waals surface area (Å²) in [5.41, 5.74) is 0. The Labute approximate surface area is 175 Å². The quantitative estimate of drug-likeness (QED) is 0.658. The SMILES string of the molecule is O=S(=O)(O)c1cc(S(=O)(=O)N(N2CCCCC2)N2CCCCC2)c(Cl)cc1Cl. The third-order valence-corrected chi connectivity index (χ3v) is 8.43. The molecule has 2 saturated heterocycles. The van der Waals surface area contributed by atoms with E-state index < -0.39 is 29.9 Å². The predicted octanol–water partition coefficient (Wildman–Crippen LogP) is 3.03. The van der Waals surface area contributed by atoms with Crippen LogP contribution >= 0.6 is 23.2 Å². The van der Waals surface area contributed by atoms with E-state index in [1.54, 1.807) is 10.0 Å². The number of halogens is 2. The van der Waals surface area contributed by atoms with E-state index >= 15 is 0 Å². The summed E-state index contributed by atoms with van der Waals surface area (Å²) in [7, 11) is -8.92. The molecule has 8 nitrogen and oxygen atoms in total. The van der Waals surface area contributed by atoms with E-state index in [-0.39, 0.29) is 10.0 Å². The van der Waals surface area contributed by atoms with E-state index in [9.17, 15) is 21.4 Å². The van der Waals surface area contributed by atoms with Crippen molar-refractivity contribution in [3.8, 4) is 0 Å². The minimum absolute atomic E-state index is 0.198. The smallest absolute Gasteiger partial charge is 0.282 e. The van der Waals surface area contributed by atoms with Crippen LogP contribution in [-0.2, 0) is 20.1 Å². The maximum absolute atomic E-state index is 13.6. The number of piperidine rings is 2.